The number of rotatable bonds is 5. The van der Waals surface area contributed by atoms with Gasteiger partial charge in [-0.05, 0) is 12.5 Å². The molecule has 0 aromatic carbocycles. The van der Waals surface area contributed by atoms with Crippen molar-refractivity contribution in [2.75, 3.05) is 6.54 Å². The first-order valence-electron chi connectivity index (χ1n) is 4.29. The molecule has 15 heavy (non-hydrogen) atoms. The zero-order valence-electron chi connectivity index (χ0n) is 8.06. The maximum atomic E-state index is 11.5. The fourth-order valence-electron chi connectivity index (χ4n) is 0.877. The molecule has 0 amide bonds. The van der Waals surface area contributed by atoms with Crippen LogP contribution in [-0.2, 0) is 10.0 Å². The standard InChI is InChI=1S/C8H11NO4S2/c1-2-3-9-15(12,13)7-4-6(5-14-7)8(10)11/h4-5,9H,2-3H2,1H3,(H,10,11). The van der Waals surface area contributed by atoms with Crippen LogP contribution in [0.1, 0.15) is 23.7 Å². The lowest BCUT2D eigenvalue weighted by Crippen LogP contribution is -2.23. The van der Waals surface area contributed by atoms with Crippen molar-refractivity contribution in [3.05, 3.63) is 17.0 Å². The van der Waals surface area contributed by atoms with Gasteiger partial charge in [-0.3, -0.25) is 0 Å². The zero-order valence-corrected chi connectivity index (χ0v) is 9.69. The first-order valence-corrected chi connectivity index (χ1v) is 6.65. The minimum absolute atomic E-state index is 0.00289. The van der Waals surface area contributed by atoms with Crippen LogP contribution in [0.2, 0.25) is 0 Å². The van der Waals surface area contributed by atoms with Crippen molar-refractivity contribution in [2.45, 2.75) is 17.6 Å². The maximum absolute atomic E-state index is 11.5. The Hall–Kier alpha value is -0.920. The van der Waals surface area contributed by atoms with Crippen LogP contribution in [0.25, 0.3) is 0 Å². The molecule has 2 N–H and O–H groups in total. The van der Waals surface area contributed by atoms with Crippen molar-refractivity contribution < 1.29 is 18.3 Å². The van der Waals surface area contributed by atoms with Gasteiger partial charge in [0.2, 0.25) is 10.0 Å². The van der Waals surface area contributed by atoms with Gasteiger partial charge in [0.25, 0.3) is 0 Å². The third-order valence-electron chi connectivity index (χ3n) is 1.63. The Morgan fingerprint density at radius 3 is 2.73 bits per heavy atom. The monoisotopic (exact) mass is 249 g/mol. The molecule has 0 saturated heterocycles. The van der Waals surface area contributed by atoms with Gasteiger partial charge in [0.15, 0.2) is 0 Å². The van der Waals surface area contributed by atoms with Gasteiger partial charge in [-0.15, -0.1) is 11.3 Å². The third kappa shape index (κ3) is 3.01. The molecular formula is C8H11NO4S2. The van der Waals surface area contributed by atoms with E-state index >= 15 is 0 Å². The highest BCUT2D eigenvalue weighted by molar-refractivity contribution is 7.91. The van der Waals surface area contributed by atoms with Crippen molar-refractivity contribution in [3.8, 4) is 0 Å². The Bertz CT molecular complexity index is 449. The van der Waals surface area contributed by atoms with E-state index in [9.17, 15) is 13.2 Å². The molecule has 0 radical (unpaired) electrons. The van der Waals surface area contributed by atoms with Crippen LogP contribution < -0.4 is 4.72 Å². The quantitative estimate of drug-likeness (QED) is 0.819. The van der Waals surface area contributed by atoms with Crippen LogP contribution in [0.5, 0.6) is 0 Å². The van der Waals surface area contributed by atoms with Gasteiger partial charge in [0, 0.05) is 11.9 Å². The van der Waals surface area contributed by atoms with E-state index in [1.165, 1.54) is 5.38 Å². The van der Waals surface area contributed by atoms with E-state index in [0.717, 1.165) is 17.4 Å². The average molecular weight is 249 g/mol. The summed E-state index contributed by atoms with van der Waals surface area (Å²) in [5, 5.41) is 9.94. The molecule has 1 heterocycles. The van der Waals surface area contributed by atoms with E-state index in [1.807, 2.05) is 6.92 Å². The van der Waals surface area contributed by atoms with E-state index in [-0.39, 0.29) is 9.77 Å². The SMILES string of the molecule is CCCNS(=O)(=O)c1cc(C(=O)O)cs1. The molecule has 1 aromatic heterocycles. The highest BCUT2D eigenvalue weighted by Crippen LogP contribution is 2.19. The number of nitrogens with one attached hydrogen (secondary N) is 1. The lowest BCUT2D eigenvalue weighted by Gasteiger charge is -2.01. The van der Waals surface area contributed by atoms with Crippen LogP contribution in [0.3, 0.4) is 0 Å². The number of sulfonamides is 1. The average Bonchev–Trinajstić information content (AvgIpc) is 2.64. The number of hydrogen-bond donors (Lipinski definition) is 2. The molecule has 0 spiro atoms. The van der Waals surface area contributed by atoms with Gasteiger partial charge in [0.05, 0.1) is 5.56 Å². The van der Waals surface area contributed by atoms with E-state index in [4.69, 9.17) is 5.11 Å². The van der Waals surface area contributed by atoms with Crippen molar-refractivity contribution in [3.63, 3.8) is 0 Å². The van der Waals surface area contributed by atoms with Crippen LogP contribution >= 0.6 is 11.3 Å². The molecule has 0 fully saturated rings. The molecule has 5 nitrogen and oxygen atoms in total. The lowest BCUT2D eigenvalue weighted by molar-refractivity contribution is 0.0697. The first kappa shape index (κ1) is 12.2. The lowest BCUT2D eigenvalue weighted by atomic mass is 10.4. The molecule has 1 aromatic rings. The number of carboxylic acids is 1. The second kappa shape index (κ2) is 4.73. The van der Waals surface area contributed by atoms with Crippen LogP contribution in [0.4, 0.5) is 0 Å². The fourth-order valence-corrected chi connectivity index (χ4v) is 3.21. The topological polar surface area (TPSA) is 83.5 Å². The van der Waals surface area contributed by atoms with E-state index < -0.39 is 16.0 Å². The van der Waals surface area contributed by atoms with Crippen LogP contribution in [-0.4, -0.2) is 26.0 Å². The summed E-state index contributed by atoms with van der Waals surface area (Å²) in [6.45, 7) is 2.20. The molecule has 0 aliphatic carbocycles. The minimum atomic E-state index is -3.53. The molecule has 0 saturated carbocycles. The number of thiophene rings is 1. The van der Waals surface area contributed by atoms with Crippen LogP contribution in [0.15, 0.2) is 15.7 Å². The molecular weight excluding hydrogens is 238 g/mol. The third-order valence-corrected chi connectivity index (χ3v) is 4.53. The van der Waals surface area contributed by atoms with E-state index in [1.54, 1.807) is 0 Å². The minimum Gasteiger partial charge on any atom is -0.478 e. The number of carboxylic acid groups (broad SMARTS) is 1. The largest absolute Gasteiger partial charge is 0.478 e. The van der Waals surface area contributed by atoms with Crippen molar-refractivity contribution >= 4 is 27.3 Å². The van der Waals surface area contributed by atoms with E-state index in [2.05, 4.69) is 4.72 Å². The van der Waals surface area contributed by atoms with Gasteiger partial charge in [-0.25, -0.2) is 17.9 Å². The van der Waals surface area contributed by atoms with Gasteiger partial charge in [0.1, 0.15) is 4.21 Å². The van der Waals surface area contributed by atoms with E-state index in [0.29, 0.717) is 13.0 Å². The highest BCUT2D eigenvalue weighted by atomic mass is 32.2. The predicted molar refractivity (Wildman–Crippen MR) is 56.8 cm³/mol. The number of carbonyl (C=O) groups is 1. The molecule has 0 aliphatic rings. The second-order valence-electron chi connectivity index (χ2n) is 2.86. The highest BCUT2D eigenvalue weighted by Gasteiger charge is 2.17. The summed E-state index contributed by atoms with van der Waals surface area (Å²) in [5.41, 5.74) is -0.00289. The second-order valence-corrected chi connectivity index (χ2v) is 5.76. The molecule has 0 bridgehead atoms. The Kier molecular flexibility index (Phi) is 3.83. The normalized spacial score (nSPS) is 11.5. The van der Waals surface area contributed by atoms with Gasteiger partial charge in [-0.1, -0.05) is 6.92 Å². The first-order chi connectivity index (χ1) is 6.97. The van der Waals surface area contributed by atoms with Gasteiger partial charge >= 0.3 is 5.97 Å². The molecule has 1 rings (SSSR count). The summed E-state index contributed by atoms with van der Waals surface area (Å²) in [5.74, 6) is -1.12. The molecule has 0 aliphatic heterocycles. The van der Waals surface area contributed by atoms with Crippen molar-refractivity contribution in [1.82, 2.24) is 4.72 Å². The summed E-state index contributed by atoms with van der Waals surface area (Å²) in [6, 6.07) is 1.16. The summed E-state index contributed by atoms with van der Waals surface area (Å²) in [6.07, 6.45) is 0.691. The summed E-state index contributed by atoms with van der Waals surface area (Å²) < 4.78 is 25.5. The zero-order chi connectivity index (χ0) is 11.5. The van der Waals surface area contributed by atoms with Crippen LogP contribution in [0, 0.1) is 0 Å². The maximum Gasteiger partial charge on any atom is 0.336 e. The fraction of sp³-hybridized carbons (Fsp3) is 0.375. The molecule has 7 heteroatoms. The summed E-state index contributed by atoms with van der Waals surface area (Å²) in [7, 11) is -3.53. The molecule has 0 unspecified atom stereocenters. The molecule has 84 valence electrons. The number of hydrogen-bond acceptors (Lipinski definition) is 4. The Morgan fingerprint density at radius 2 is 2.27 bits per heavy atom. The summed E-state index contributed by atoms with van der Waals surface area (Å²) in [4.78, 5) is 10.5. The molecule has 0 atom stereocenters. The Labute approximate surface area is 91.8 Å². The van der Waals surface area contributed by atoms with Crippen molar-refractivity contribution in [2.24, 2.45) is 0 Å². The van der Waals surface area contributed by atoms with Gasteiger partial charge in [-0.2, -0.15) is 0 Å². The summed E-state index contributed by atoms with van der Waals surface area (Å²) >= 11 is 0.904. The predicted octanol–water partition coefficient (Wildman–Crippen LogP) is 1.13. The van der Waals surface area contributed by atoms with Gasteiger partial charge < -0.3 is 5.11 Å². The number of aromatic carboxylic acids is 1. The Balaban J connectivity index is 2.91. The Morgan fingerprint density at radius 1 is 1.60 bits per heavy atom. The smallest absolute Gasteiger partial charge is 0.336 e. The van der Waals surface area contributed by atoms with Crippen molar-refractivity contribution in [1.29, 1.82) is 0 Å².